The molecule has 2 rings (SSSR count). The predicted octanol–water partition coefficient (Wildman–Crippen LogP) is 1.83. The van der Waals surface area contributed by atoms with E-state index in [2.05, 4.69) is 23.3 Å². The minimum atomic E-state index is -0.533. The fourth-order valence-electron chi connectivity index (χ4n) is 2.11. The fourth-order valence-corrected chi connectivity index (χ4v) is 2.11. The van der Waals surface area contributed by atoms with Gasteiger partial charge in [0.2, 0.25) is 5.91 Å². The summed E-state index contributed by atoms with van der Waals surface area (Å²) in [6, 6.07) is 11.3. The Balaban J connectivity index is 1.86. The van der Waals surface area contributed by atoms with Crippen LogP contribution in [0.4, 0.5) is 0 Å². The maximum Gasteiger partial charge on any atom is 0.237 e. The van der Waals surface area contributed by atoms with Crippen LogP contribution in [0.15, 0.2) is 48.8 Å². The first kappa shape index (κ1) is 15.2. The zero-order valence-corrected chi connectivity index (χ0v) is 12.3. The standard InChI is InChI=1S/C17H21N3O/c1-2-13-8-15(11-19-10-13)12-20-17(21)16(18)9-14-6-4-3-5-7-14/h3-8,10-11,16H,2,9,12,18H2,1H3,(H,20,21). The van der Waals surface area contributed by atoms with Crippen LogP contribution in [0.25, 0.3) is 0 Å². The summed E-state index contributed by atoms with van der Waals surface area (Å²) in [5, 5.41) is 2.87. The number of benzene rings is 1. The summed E-state index contributed by atoms with van der Waals surface area (Å²) in [7, 11) is 0. The van der Waals surface area contributed by atoms with Crippen LogP contribution in [0.1, 0.15) is 23.6 Å². The maximum atomic E-state index is 12.0. The van der Waals surface area contributed by atoms with Gasteiger partial charge in [-0.05, 0) is 29.5 Å². The largest absolute Gasteiger partial charge is 0.351 e. The molecule has 3 N–H and O–H groups in total. The molecule has 4 nitrogen and oxygen atoms in total. The second-order valence-electron chi connectivity index (χ2n) is 5.07. The molecule has 0 fully saturated rings. The first-order valence-corrected chi connectivity index (χ1v) is 7.19. The van der Waals surface area contributed by atoms with Gasteiger partial charge in [-0.2, -0.15) is 0 Å². The van der Waals surface area contributed by atoms with Crippen molar-refractivity contribution in [3.05, 3.63) is 65.5 Å². The predicted molar refractivity (Wildman–Crippen MR) is 83.6 cm³/mol. The Labute approximate surface area is 125 Å². The zero-order valence-electron chi connectivity index (χ0n) is 12.3. The van der Waals surface area contributed by atoms with Gasteiger partial charge in [0.25, 0.3) is 0 Å². The molecule has 1 aromatic carbocycles. The van der Waals surface area contributed by atoms with Crippen molar-refractivity contribution in [1.29, 1.82) is 0 Å². The van der Waals surface area contributed by atoms with E-state index in [9.17, 15) is 4.79 Å². The summed E-state index contributed by atoms with van der Waals surface area (Å²) in [6.07, 6.45) is 5.08. The van der Waals surface area contributed by atoms with Crippen molar-refractivity contribution in [3.63, 3.8) is 0 Å². The number of pyridine rings is 1. The van der Waals surface area contributed by atoms with Crippen molar-refractivity contribution in [2.45, 2.75) is 32.4 Å². The minimum absolute atomic E-state index is 0.138. The average molecular weight is 283 g/mol. The Morgan fingerprint density at radius 1 is 1.19 bits per heavy atom. The summed E-state index contributed by atoms with van der Waals surface area (Å²) in [5.74, 6) is -0.138. The third-order valence-electron chi connectivity index (χ3n) is 3.36. The van der Waals surface area contributed by atoms with E-state index < -0.39 is 6.04 Å². The highest BCUT2D eigenvalue weighted by Crippen LogP contribution is 2.04. The number of nitrogens with zero attached hydrogens (tertiary/aromatic N) is 1. The van der Waals surface area contributed by atoms with E-state index in [1.807, 2.05) is 36.5 Å². The Morgan fingerprint density at radius 3 is 2.62 bits per heavy atom. The molecule has 1 amide bonds. The summed E-state index contributed by atoms with van der Waals surface area (Å²) < 4.78 is 0. The first-order chi connectivity index (χ1) is 10.2. The SMILES string of the molecule is CCc1cncc(CNC(=O)C(N)Cc2ccccc2)c1. The number of hydrogen-bond donors (Lipinski definition) is 2. The molecule has 0 radical (unpaired) electrons. The van der Waals surface area contributed by atoms with Crippen LogP contribution < -0.4 is 11.1 Å². The molecule has 4 heteroatoms. The maximum absolute atomic E-state index is 12.0. The number of amides is 1. The smallest absolute Gasteiger partial charge is 0.237 e. The molecule has 0 aliphatic rings. The Bertz CT molecular complexity index is 584. The van der Waals surface area contributed by atoms with Crippen molar-refractivity contribution in [1.82, 2.24) is 10.3 Å². The molecule has 0 saturated heterocycles. The second kappa shape index (κ2) is 7.55. The first-order valence-electron chi connectivity index (χ1n) is 7.19. The van der Waals surface area contributed by atoms with Gasteiger partial charge in [0.05, 0.1) is 6.04 Å². The second-order valence-corrected chi connectivity index (χ2v) is 5.07. The van der Waals surface area contributed by atoms with Crippen LogP contribution in [-0.4, -0.2) is 16.9 Å². The van der Waals surface area contributed by atoms with Gasteiger partial charge < -0.3 is 11.1 Å². The molecule has 0 bridgehead atoms. The Kier molecular flexibility index (Phi) is 5.46. The van der Waals surface area contributed by atoms with Crippen LogP contribution in [0.3, 0.4) is 0 Å². The molecule has 1 atom stereocenters. The minimum Gasteiger partial charge on any atom is -0.351 e. The van der Waals surface area contributed by atoms with Crippen molar-refractivity contribution < 1.29 is 4.79 Å². The van der Waals surface area contributed by atoms with Gasteiger partial charge in [0.1, 0.15) is 0 Å². The van der Waals surface area contributed by atoms with Crippen molar-refractivity contribution in [2.24, 2.45) is 5.73 Å². The van der Waals surface area contributed by atoms with Gasteiger partial charge in [0.15, 0.2) is 0 Å². The van der Waals surface area contributed by atoms with Crippen LogP contribution >= 0.6 is 0 Å². The quantitative estimate of drug-likeness (QED) is 0.850. The monoisotopic (exact) mass is 283 g/mol. The number of nitrogens with one attached hydrogen (secondary N) is 1. The van der Waals surface area contributed by atoms with E-state index in [1.54, 1.807) is 6.20 Å². The molecular formula is C17H21N3O. The highest BCUT2D eigenvalue weighted by atomic mass is 16.2. The highest BCUT2D eigenvalue weighted by Gasteiger charge is 2.13. The summed E-state index contributed by atoms with van der Waals surface area (Å²) in [4.78, 5) is 16.2. The summed E-state index contributed by atoms with van der Waals surface area (Å²) in [6.45, 7) is 2.54. The average Bonchev–Trinajstić information content (AvgIpc) is 2.53. The lowest BCUT2D eigenvalue weighted by atomic mass is 10.1. The van der Waals surface area contributed by atoms with E-state index >= 15 is 0 Å². The van der Waals surface area contributed by atoms with Crippen LogP contribution in [0.5, 0.6) is 0 Å². The molecule has 2 aromatic rings. The van der Waals surface area contributed by atoms with Gasteiger partial charge in [-0.15, -0.1) is 0 Å². The molecule has 110 valence electrons. The normalized spacial score (nSPS) is 11.9. The number of nitrogens with two attached hydrogens (primary N) is 1. The number of aromatic nitrogens is 1. The van der Waals surface area contributed by atoms with Crippen molar-refractivity contribution in [3.8, 4) is 0 Å². The lowest BCUT2D eigenvalue weighted by Crippen LogP contribution is -2.41. The molecule has 0 aliphatic carbocycles. The molecule has 0 aliphatic heterocycles. The van der Waals surface area contributed by atoms with Crippen molar-refractivity contribution in [2.75, 3.05) is 0 Å². The van der Waals surface area contributed by atoms with Gasteiger partial charge >= 0.3 is 0 Å². The number of carbonyl (C=O) groups excluding carboxylic acids is 1. The van der Waals surface area contributed by atoms with E-state index in [1.165, 1.54) is 0 Å². The van der Waals surface area contributed by atoms with Crippen LogP contribution in [0, 0.1) is 0 Å². The molecule has 1 heterocycles. The molecular weight excluding hydrogens is 262 g/mol. The fraction of sp³-hybridized carbons (Fsp3) is 0.294. The molecule has 1 aromatic heterocycles. The topological polar surface area (TPSA) is 68.0 Å². The van der Waals surface area contributed by atoms with E-state index in [0.717, 1.165) is 23.1 Å². The van der Waals surface area contributed by atoms with E-state index in [4.69, 9.17) is 5.73 Å². The van der Waals surface area contributed by atoms with Crippen LogP contribution in [0.2, 0.25) is 0 Å². The van der Waals surface area contributed by atoms with E-state index in [0.29, 0.717) is 13.0 Å². The number of aryl methyl sites for hydroxylation is 1. The molecule has 0 saturated carbocycles. The van der Waals surface area contributed by atoms with Gasteiger partial charge in [-0.1, -0.05) is 43.3 Å². The molecule has 1 unspecified atom stereocenters. The summed E-state index contributed by atoms with van der Waals surface area (Å²) >= 11 is 0. The van der Waals surface area contributed by atoms with E-state index in [-0.39, 0.29) is 5.91 Å². The van der Waals surface area contributed by atoms with Gasteiger partial charge in [-0.25, -0.2) is 0 Å². The lowest BCUT2D eigenvalue weighted by molar-refractivity contribution is -0.122. The third kappa shape index (κ3) is 4.68. The Morgan fingerprint density at radius 2 is 1.90 bits per heavy atom. The number of rotatable bonds is 6. The number of carbonyl (C=O) groups is 1. The Hall–Kier alpha value is -2.20. The van der Waals surface area contributed by atoms with Crippen molar-refractivity contribution >= 4 is 5.91 Å². The molecule has 21 heavy (non-hydrogen) atoms. The number of hydrogen-bond acceptors (Lipinski definition) is 3. The molecule has 0 spiro atoms. The van der Waals surface area contributed by atoms with Gasteiger partial charge in [0, 0.05) is 18.9 Å². The zero-order chi connectivity index (χ0) is 15.1. The summed E-state index contributed by atoms with van der Waals surface area (Å²) in [5.41, 5.74) is 9.16. The lowest BCUT2D eigenvalue weighted by Gasteiger charge is -2.12. The van der Waals surface area contributed by atoms with Crippen LogP contribution in [-0.2, 0) is 24.2 Å². The van der Waals surface area contributed by atoms with Gasteiger partial charge in [-0.3, -0.25) is 9.78 Å². The highest BCUT2D eigenvalue weighted by molar-refractivity contribution is 5.81. The third-order valence-corrected chi connectivity index (χ3v) is 3.36.